The van der Waals surface area contributed by atoms with Gasteiger partial charge in [0.25, 0.3) is 11.8 Å². The third kappa shape index (κ3) is 3.23. The molecule has 0 aliphatic carbocycles. The summed E-state index contributed by atoms with van der Waals surface area (Å²) in [6.07, 6.45) is 3.97. The molecule has 29 heavy (non-hydrogen) atoms. The van der Waals surface area contributed by atoms with Crippen molar-refractivity contribution >= 4 is 33.9 Å². The lowest BCUT2D eigenvalue weighted by molar-refractivity contribution is -0.122. The molecule has 0 saturated carbocycles. The number of imide groups is 1. The molecule has 2 aromatic carbocycles. The number of hydrogen-bond donors (Lipinski definition) is 1. The SMILES string of the molecule is C=COc1cccc(C2=C(c3cn(CCC)c4ccc(F)cc34)C(=O)NC2=O)c1. The zero-order valence-electron chi connectivity index (χ0n) is 15.9. The van der Waals surface area contributed by atoms with E-state index < -0.39 is 17.6 Å². The summed E-state index contributed by atoms with van der Waals surface area (Å²) in [5, 5.41) is 2.96. The number of carbonyl (C=O) groups is 2. The van der Waals surface area contributed by atoms with Gasteiger partial charge in [-0.15, -0.1) is 0 Å². The molecule has 0 atom stereocenters. The first-order valence-corrected chi connectivity index (χ1v) is 9.30. The minimum atomic E-state index is -0.500. The van der Waals surface area contributed by atoms with E-state index in [4.69, 9.17) is 4.74 Å². The lowest BCUT2D eigenvalue weighted by atomic mass is 9.96. The van der Waals surface area contributed by atoms with E-state index >= 15 is 0 Å². The quantitative estimate of drug-likeness (QED) is 0.505. The molecule has 0 radical (unpaired) electrons. The van der Waals surface area contributed by atoms with Crippen LogP contribution in [0.1, 0.15) is 24.5 Å². The predicted molar refractivity (Wildman–Crippen MR) is 109 cm³/mol. The topological polar surface area (TPSA) is 60.3 Å². The van der Waals surface area contributed by atoms with Crippen LogP contribution in [0.4, 0.5) is 4.39 Å². The van der Waals surface area contributed by atoms with Crippen LogP contribution in [0.15, 0.2) is 61.5 Å². The van der Waals surface area contributed by atoms with Crippen molar-refractivity contribution in [3.63, 3.8) is 0 Å². The highest BCUT2D eigenvalue weighted by Crippen LogP contribution is 2.37. The van der Waals surface area contributed by atoms with Gasteiger partial charge in [-0.25, -0.2) is 4.39 Å². The molecule has 0 saturated heterocycles. The van der Waals surface area contributed by atoms with Gasteiger partial charge in [-0.1, -0.05) is 25.6 Å². The molecule has 2 heterocycles. The smallest absolute Gasteiger partial charge is 0.259 e. The van der Waals surface area contributed by atoms with Crippen molar-refractivity contribution in [2.75, 3.05) is 0 Å². The molecule has 1 aromatic heterocycles. The van der Waals surface area contributed by atoms with Crippen molar-refractivity contribution in [3.8, 4) is 5.75 Å². The van der Waals surface area contributed by atoms with Crippen molar-refractivity contribution in [1.29, 1.82) is 0 Å². The number of aryl methyl sites for hydroxylation is 1. The fourth-order valence-corrected chi connectivity index (χ4v) is 3.70. The maximum Gasteiger partial charge on any atom is 0.259 e. The first-order chi connectivity index (χ1) is 14.0. The molecular weight excluding hydrogens is 371 g/mol. The second-order valence-corrected chi connectivity index (χ2v) is 6.74. The van der Waals surface area contributed by atoms with E-state index in [1.165, 1.54) is 18.4 Å². The standard InChI is InChI=1S/C23H19FN2O3/c1-3-10-26-13-18(17-12-15(24)8-9-19(17)26)21-20(22(27)25-23(21)28)14-6-5-7-16(11-14)29-4-2/h4-9,11-13H,2-3,10H2,1H3,(H,25,27,28). The summed E-state index contributed by atoms with van der Waals surface area (Å²) >= 11 is 0. The number of nitrogens with zero attached hydrogens (tertiary/aromatic N) is 1. The van der Waals surface area contributed by atoms with Crippen LogP contribution in [0, 0.1) is 5.82 Å². The first-order valence-electron chi connectivity index (χ1n) is 9.30. The summed E-state index contributed by atoms with van der Waals surface area (Å²) in [6, 6.07) is 11.3. The number of ether oxygens (including phenoxy) is 1. The van der Waals surface area contributed by atoms with Crippen LogP contribution in [0.3, 0.4) is 0 Å². The van der Waals surface area contributed by atoms with Gasteiger partial charge in [-0.05, 0) is 42.3 Å². The summed E-state index contributed by atoms with van der Waals surface area (Å²) < 4.78 is 21.3. The van der Waals surface area contributed by atoms with Crippen molar-refractivity contribution in [2.24, 2.45) is 0 Å². The number of nitrogens with one attached hydrogen (secondary N) is 1. The third-order valence-electron chi connectivity index (χ3n) is 4.85. The molecule has 3 aromatic rings. The van der Waals surface area contributed by atoms with Crippen LogP contribution >= 0.6 is 0 Å². The van der Waals surface area contributed by atoms with Crippen molar-refractivity contribution < 1.29 is 18.7 Å². The molecule has 4 rings (SSSR count). The molecular formula is C23H19FN2O3. The second-order valence-electron chi connectivity index (χ2n) is 6.74. The third-order valence-corrected chi connectivity index (χ3v) is 4.85. The summed E-state index contributed by atoms with van der Waals surface area (Å²) in [4.78, 5) is 25.4. The molecule has 1 aliphatic rings. The van der Waals surface area contributed by atoms with Crippen LogP contribution in [-0.2, 0) is 16.1 Å². The summed E-state index contributed by atoms with van der Waals surface area (Å²) in [6.45, 7) is 6.28. The second kappa shape index (κ2) is 7.39. The lowest BCUT2D eigenvalue weighted by Crippen LogP contribution is -2.22. The van der Waals surface area contributed by atoms with Crippen molar-refractivity contribution in [3.05, 3.63) is 78.4 Å². The molecule has 1 aliphatic heterocycles. The average Bonchev–Trinajstić information content (AvgIpc) is 3.18. The van der Waals surface area contributed by atoms with Crippen molar-refractivity contribution in [1.82, 2.24) is 9.88 Å². The number of benzene rings is 2. The van der Waals surface area contributed by atoms with E-state index in [2.05, 4.69) is 11.9 Å². The summed E-state index contributed by atoms with van der Waals surface area (Å²) in [5.41, 5.74) is 2.35. The fourth-order valence-electron chi connectivity index (χ4n) is 3.70. The normalized spacial score (nSPS) is 13.9. The lowest BCUT2D eigenvalue weighted by Gasteiger charge is -2.06. The Kier molecular flexibility index (Phi) is 4.76. The van der Waals surface area contributed by atoms with E-state index in [0.717, 1.165) is 11.9 Å². The van der Waals surface area contributed by atoms with Crippen LogP contribution in [0.25, 0.3) is 22.0 Å². The number of hydrogen-bond acceptors (Lipinski definition) is 3. The van der Waals surface area contributed by atoms with Gasteiger partial charge < -0.3 is 9.30 Å². The van der Waals surface area contributed by atoms with Gasteiger partial charge in [0, 0.05) is 29.2 Å². The van der Waals surface area contributed by atoms with Gasteiger partial charge in [-0.3, -0.25) is 14.9 Å². The number of aromatic nitrogens is 1. The number of amides is 2. The Balaban J connectivity index is 1.99. The molecule has 0 spiro atoms. The summed E-state index contributed by atoms with van der Waals surface area (Å²) in [7, 11) is 0. The first kappa shape index (κ1) is 18.7. The van der Waals surface area contributed by atoms with E-state index in [0.29, 0.717) is 28.8 Å². The number of fused-ring (bicyclic) bond motifs is 1. The Bertz CT molecular complexity index is 1190. The summed E-state index contributed by atoms with van der Waals surface area (Å²) in [5.74, 6) is -0.898. The van der Waals surface area contributed by atoms with Crippen LogP contribution in [0.5, 0.6) is 5.75 Å². The van der Waals surface area contributed by atoms with Gasteiger partial charge in [-0.2, -0.15) is 0 Å². The van der Waals surface area contributed by atoms with Gasteiger partial charge in [0.2, 0.25) is 0 Å². The van der Waals surface area contributed by atoms with Gasteiger partial charge in [0.05, 0.1) is 17.4 Å². The predicted octanol–water partition coefficient (Wildman–Crippen LogP) is 4.28. The molecule has 1 N–H and O–H groups in total. The Labute approximate surface area is 167 Å². The minimum Gasteiger partial charge on any atom is -0.466 e. The average molecular weight is 390 g/mol. The van der Waals surface area contributed by atoms with Crippen LogP contribution < -0.4 is 10.1 Å². The molecule has 5 nitrogen and oxygen atoms in total. The van der Waals surface area contributed by atoms with E-state index in [1.807, 2.05) is 17.7 Å². The maximum absolute atomic E-state index is 14.0. The number of rotatable bonds is 6. The minimum absolute atomic E-state index is 0.233. The zero-order valence-corrected chi connectivity index (χ0v) is 15.9. The monoisotopic (exact) mass is 390 g/mol. The zero-order chi connectivity index (χ0) is 20.5. The Morgan fingerprint density at radius 1 is 1.14 bits per heavy atom. The number of carbonyl (C=O) groups excluding carboxylic acids is 2. The maximum atomic E-state index is 14.0. The van der Waals surface area contributed by atoms with E-state index in [1.54, 1.807) is 30.3 Å². The molecule has 0 bridgehead atoms. The molecule has 2 amide bonds. The largest absolute Gasteiger partial charge is 0.466 e. The van der Waals surface area contributed by atoms with Gasteiger partial charge >= 0.3 is 0 Å². The fraction of sp³-hybridized carbons (Fsp3) is 0.130. The highest BCUT2D eigenvalue weighted by atomic mass is 19.1. The van der Waals surface area contributed by atoms with Crippen molar-refractivity contribution in [2.45, 2.75) is 19.9 Å². The van der Waals surface area contributed by atoms with E-state index in [-0.39, 0.29) is 11.1 Å². The Hall–Kier alpha value is -3.67. The number of halogens is 1. The highest BCUT2D eigenvalue weighted by molar-refractivity contribution is 6.50. The molecule has 0 unspecified atom stereocenters. The highest BCUT2D eigenvalue weighted by Gasteiger charge is 2.34. The van der Waals surface area contributed by atoms with E-state index in [9.17, 15) is 14.0 Å². The Morgan fingerprint density at radius 2 is 1.93 bits per heavy atom. The van der Waals surface area contributed by atoms with Gasteiger partial charge in [0.15, 0.2) is 0 Å². The van der Waals surface area contributed by atoms with Crippen LogP contribution in [-0.4, -0.2) is 16.4 Å². The molecule has 6 heteroatoms. The van der Waals surface area contributed by atoms with Gasteiger partial charge in [0.1, 0.15) is 11.6 Å². The molecule has 146 valence electrons. The Morgan fingerprint density at radius 3 is 2.69 bits per heavy atom. The molecule has 0 fully saturated rings. The van der Waals surface area contributed by atoms with Crippen LogP contribution in [0.2, 0.25) is 0 Å².